The summed E-state index contributed by atoms with van der Waals surface area (Å²) in [5.74, 6) is 0. The van der Waals surface area contributed by atoms with Crippen LogP contribution < -0.4 is 0 Å². The van der Waals surface area contributed by atoms with Gasteiger partial charge in [-0.2, -0.15) is 5.10 Å². The van der Waals surface area contributed by atoms with Gasteiger partial charge in [0.2, 0.25) is 0 Å². The molecule has 1 aromatic rings. The summed E-state index contributed by atoms with van der Waals surface area (Å²) in [6.45, 7) is 1.90. The number of halogens is 1. The van der Waals surface area contributed by atoms with E-state index in [1.807, 2.05) is 14.0 Å². The van der Waals surface area contributed by atoms with Crippen molar-refractivity contribution in [3.05, 3.63) is 15.9 Å². The minimum atomic E-state index is 0.415. The van der Waals surface area contributed by atoms with Gasteiger partial charge < -0.3 is 4.79 Å². The molecule has 0 spiro atoms. The average molecular weight is 217 g/mol. The van der Waals surface area contributed by atoms with Crippen LogP contribution in [-0.4, -0.2) is 16.1 Å². The van der Waals surface area contributed by atoms with E-state index in [2.05, 4.69) is 21.0 Å². The Labute approximate surface area is 73.5 Å². The lowest BCUT2D eigenvalue weighted by Crippen LogP contribution is -1.98. The summed E-state index contributed by atoms with van der Waals surface area (Å²) < 4.78 is 2.65. The molecule has 0 radical (unpaired) electrons. The number of hydrogen-bond donors (Lipinski definition) is 0. The fourth-order valence-corrected chi connectivity index (χ4v) is 1.48. The minimum absolute atomic E-state index is 0.415. The van der Waals surface area contributed by atoms with E-state index in [9.17, 15) is 4.79 Å². The first-order valence-electron chi connectivity index (χ1n) is 3.28. The molecule has 3 nitrogen and oxygen atoms in total. The van der Waals surface area contributed by atoms with Gasteiger partial charge in [-0.15, -0.1) is 0 Å². The molecule has 0 aliphatic heterocycles. The molecule has 4 heteroatoms. The smallest absolute Gasteiger partial charge is 0.125 e. The van der Waals surface area contributed by atoms with Crippen LogP contribution in [0.3, 0.4) is 0 Å². The van der Waals surface area contributed by atoms with Gasteiger partial charge >= 0.3 is 0 Å². The van der Waals surface area contributed by atoms with Crippen molar-refractivity contribution >= 4 is 22.2 Å². The molecule has 11 heavy (non-hydrogen) atoms. The zero-order valence-electron chi connectivity index (χ0n) is 6.47. The normalized spacial score (nSPS) is 10.1. The molecule has 0 bridgehead atoms. The van der Waals surface area contributed by atoms with Crippen LogP contribution in [-0.2, 0) is 18.3 Å². The Morgan fingerprint density at radius 2 is 2.36 bits per heavy atom. The van der Waals surface area contributed by atoms with Gasteiger partial charge in [0, 0.05) is 13.5 Å². The fraction of sp³-hybridized carbons (Fsp3) is 0.429. The minimum Gasteiger partial charge on any atom is -0.303 e. The molecule has 60 valence electrons. The molecule has 0 atom stereocenters. The molecule has 0 amide bonds. The molecular formula is C7H9BrN2O. The molecule has 0 fully saturated rings. The van der Waals surface area contributed by atoms with Crippen molar-refractivity contribution in [1.82, 2.24) is 9.78 Å². The molecular weight excluding hydrogens is 208 g/mol. The van der Waals surface area contributed by atoms with Crippen molar-refractivity contribution in [2.75, 3.05) is 0 Å². The van der Waals surface area contributed by atoms with E-state index >= 15 is 0 Å². The zero-order chi connectivity index (χ0) is 8.43. The van der Waals surface area contributed by atoms with Crippen molar-refractivity contribution in [3.63, 3.8) is 0 Å². The summed E-state index contributed by atoms with van der Waals surface area (Å²) >= 11 is 3.36. The van der Waals surface area contributed by atoms with Crippen LogP contribution in [0.2, 0.25) is 0 Å². The highest BCUT2D eigenvalue weighted by atomic mass is 79.9. The van der Waals surface area contributed by atoms with E-state index in [0.717, 1.165) is 22.1 Å². The van der Waals surface area contributed by atoms with Crippen LogP contribution in [0, 0.1) is 6.92 Å². The number of aryl methyl sites for hydroxylation is 2. The topological polar surface area (TPSA) is 34.9 Å². The molecule has 0 saturated carbocycles. The fourth-order valence-electron chi connectivity index (χ4n) is 0.981. The van der Waals surface area contributed by atoms with Gasteiger partial charge in [0.05, 0.1) is 15.9 Å². The highest BCUT2D eigenvalue weighted by molar-refractivity contribution is 9.10. The Kier molecular flexibility index (Phi) is 2.44. The molecule has 0 N–H and O–H groups in total. The average Bonchev–Trinajstić information content (AvgIpc) is 2.17. The van der Waals surface area contributed by atoms with Gasteiger partial charge in [-0.3, -0.25) is 4.68 Å². The number of aromatic nitrogens is 2. The first kappa shape index (κ1) is 8.46. The molecule has 0 unspecified atom stereocenters. The largest absolute Gasteiger partial charge is 0.303 e. The maximum absolute atomic E-state index is 10.2. The van der Waals surface area contributed by atoms with Crippen molar-refractivity contribution in [3.8, 4) is 0 Å². The Morgan fingerprint density at radius 1 is 1.73 bits per heavy atom. The molecule has 1 aromatic heterocycles. The van der Waals surface area contributed by atoms with Crippen LogP contribution in [0.25, 0.3) is 0 Å². The van der Waals surface area contributed by atoms with Gasteiger partial charge in [0.25, 0.3) is 0 Å². The lowest BCUT2D eigenvalue weighted by molar-refractivity contribution is -0.107. The second-order valence-electron chi connectivity index (χ2n) is 2.34. The van der Waals surface area contributed by atoms with E-state index in [4.69, 9.17) is 0 Å². The van der Waals surface area contributed by atoms with Crippen molar-refractivity contribution < 1.29 is 4.79 Å². The molecule has 0 aliphatic rings. The standard InChI is InChI=1S/C7H9BrN2O/c1-5-7(8)6(3-4-11)10(2)9-5/h4H,3H2,1-2H3. The first-order valence-corrected chi connectivity index (χ1v) is 4.07. The molecule has 0 saturated heterocycles. The molecule has 1 heterocycles. The van der Waals surface area contributed by atoms with Gasteiger partial charge in [-0.1, -0.05) is 0 Å². The van der Waals surface area contributed by atoms with Crippen molar-refractivity contribution in [1.29, 1.82) is 0 Å². The lowest BCUT2D eigenvalue weighted by atomic mass is 10.3. The number of carbonyl (C=O) groups excluding carboxylic acids is 1. The maximum Gasteiger partial charge on any atom is 0.125 e. The Morgan fingerprint density at radius 3 is 2.73 bits per heavy atom. The summed E-state index contributed by atoms with van der Waals surface area (Å²) in [4.78, 5) is 10.2. The highest BCUT2D eigenvalue weighted by Gasteiger charge is 2.08. The highest BCUT2D eigenvalue weighted by Crippen LogP contribution is 2.19. The first-order chi connectivity index (χ1) is 5.16. The maximum atomic E-state index is 10.2. The van der Waals surface area contributed by atoms with Gasteiger partial charge in [0.1, 0.15) is 6.29 Å². The van der Waals surface area contributed by atoms with Gasteiger partial charge in [-0.25, -0.2) is 0 Å². The van der Waals surface area contributed by atoms with Crippen LogP contribution in [0.1, 0.15) is 11.4 Å². The summed E-state index contributed by atoms with van der Waals surface area (Å²) in [7, 11) is 1.83. The molecule has 1 rings (SSSR count). The molecule has 0 aromatic carbocycles. The summed E-state index contributed by atoms with van der Waals surface area (Å²) in [6, 6.07) is 0. The number of carbonyl (C=O) groups is 1. The Balaban J connectivity index is 3.11. The quantitative estimate of drug-likeness (QED) is 0.698. The van der Waals surface area contributed by atoms with Crippen LogP contribution in [0.4, 0.5) is 0 Å². The summed E-state index contributed by atoms with van der Waals surface area (Å²) in [5, 5.41) is 4.14. The summed E-state index contributed by atoms with van der Waals surface area (Å²) in [6.07, 6.45) is 1.29. The number of hydrogen-bond acceptors (Lipinski definition) is 2. The molecule has 0 aliphatic carbocycles. The third kappa shape index (κ3) is 1.50. The SMILES string of the molecule is Cc1nn(C)c(CC=O)c1Br. The summed E-state index contributed by atoms with van der Waals surface area (Å²) in [5.41, 5.74) is 1.85. The van der Waals surface area contributed by atoms with Gasteiger partial charge in [-0.05, 0) is 22.9 Å². The Bertz CT molecular complexity index is 280. The van der Waals surface area contributed by atoms with Crippen molar-refractivity contribution in [2.24, 2.45) is 7.05 Å². The second-order valence-corrected chi connectivity index (χ2v) is 3.13. The van der Waals surface area contributed by atoms with E-state index in [0.29, 0.717) is 6.42 Å². The van der Waals surface area contributed by atoms with Crippen LogP contribution in [0.5, 0.6) is 0 Å². The van der Waals surface area contributed by atoms with E-state index in [-0.39, 0.29) is 0 Å². The number of nitrogens with zero attached hydrogens (tertiary/aromatic N) is 2. The zero-order valence-corrected chi connectivity index (χ0v) is 8.05. The monoisotopic (exact) mass is 216 g/mol. The number of rotatable bonds is 2. The van der Waals surface area contributed by atoms with Crippen LogP contribution in [0.15, 0.2) is 4.47 Å². The third-order valence-corrected chi connectivity index (χ3v) is 2.57. The third-order valence-electron chi connectivity index (χ3n) is 1.54. The van der Waals surface area contributed by atoms with Gasteiger partial charge in [0.15, 0.2) is 0 Å². The Hall–Kier alpha value is -0.640. The number of aldehydes is 1. The predicted molar refractivity (Wildman–Crippen MR) is 45.4 cm³/mol. The van der Waals surface area contributed by atoms with E-state index in [1.54, 1.807) is 4.68 Å². The van der Waals surface area contributed by atoms with E-state index < -0.39 is 0 Å². The van der Waals surface area contributed by atoms with E-state index in [1.165, 1.54) is 0 Å². The predicted octanol–water partition coefficient (Wildman–Crippen LogP) is 1.23. The van der Waals surface area contributed by atoms with Crippen LogP contribution >= 0.6 is 15.9 Å². The lowest BCUT2D eigenvalue weighted by Gasteiger charge is -1.94. The second kappa shape index (κ2) is 3.17. The van der Waals surface area contributed by atoms with Crippen molar-refractivity contribution in [2.45, 2.75) is 13.3 Å².